The number of carbonyl (C=O) groups is 1. The number of hydrogen-bond acceptors (Lipinski definition) is 2. The summed E-state index contributed by atoms with van der Waals surface area (Å²) in [6.45, 7) is 2.61. The first-order chi connectivity index (χ1) is 11.3. The van der Waals surface area contributed by atoms with Gasteiger partial charge in [0.15, 0.2) is 0 Å². The molecule has 128 valence electrons. The molecule has 0 bridgehead atoms. The zero-order chi connectivity index (χ0) is 16.6. The van der Waals surface area contributed by atoms with Crippen LogP contribution in [0.15, 0.2) is 36.4 Å². The summed E-state index contributed by atoms with van der Waals surface area (Å²) in [5.74, 6) is -0.0781. The van der Waals surface area contributed by atoms with E-state index in [1.807, 2.05) is 42.5 Å². The Morgan fingerprint density at radius 1 is 0.913 bits per heavy atom. The van der Waals surface area contributed by atoms with Crippen LogP contribution in [0.25, 0.3) is 6.08 Å². The molecule has 0 aliphatic carbocycles. The quantitative estimate of drug-likeness (QED) is 0.321. The van der Waals surface area contributed by atoms with Gasteiger partial charge >= 0.3 is 5.97 Å². The van der Waals surface area contributed by atoms with Crippen molar-refractivity contribution in [2.24, 2.45) is 0 Å². The molecule has 0 radical (unpaired) electrons. The third-order valence-electron chi connectivity index (χ3n) is 3.93. The molecule has 1 rings (SSSR count). The molecule has 0 spiro atoms. The van der Waals surface area contributed by atoms with Crippen LogP contribution in [-0.2, 0) is 9.53 Å². The van der Waals surface area contributed by atoms with Crippen molar-refractivity contribution >= 4 is 12.0 Å². The number of unbranched alkanes of at least 4 members (excludes halogenated alkanes) is 8. The van der Waals surface area contributed by atoms with Gasteiger partial charge in [-0.05, 0) is 18.1 Å². The second-order valence-electron chi connectivity index (χ2n) is 6.07. The lowest BCUT2D eigenvalue weighted by atomic mass is 10.1. The molecule has 0 N–H and O–H groups in total. The van der Waals surface area contributed by atoms with Gasteiger partial charge in [-0.15, -0.1) is 0 Å². The summed E-state index contributed by atoms with van der Waals surface area (Å²) in [6.07, 6.45) is 15.8. The average Bonchev–Trinajstić information content (AvgIpc) is 2.58. The van der Waals surface area contributed by atoms with Crippen molar-refractivity contribution in [2.45, 2.75) is 71.1 Å². The summed E-state index contributed by atoms with van der Waals surface area (Å²) in [6, 6.07) is 10.0. The number of carbonyl (C=O) groups excluding carboxylic acids is 1. The third-order valence-corrected chi connectivity index (χ3v) is 3.93. The van der Waals surface area contributed by atoms with Crippen molar-refractivity contribution in [1.82, 2.24) is 0 Å². The number of hydrogen-bond donors (Lipinski definition) is 0. The van der Waals surface area contributed by atoms with Crippen molar-refractivity contribution in [3.63, 3.8) is 0 Å². The van der Waals surface area contributed by atoms with Crippen LogP contribution in [0.5, 0.6) is 0 Å². The molecule has 0 aromatic heterocycles. The molecule has 0 unspecified atom stereocenters. The van der Waals surface area contributed by atoms with E-state index in [1.165, 1.54) is 44.9 Å². The van der Waals surface area contributed by atoms with E-state index in [4.69, 9.17) is 4.74 Å². The van der Waals surface area contributed by atoms with Crippen molar-refractivity contribution < 1.29 is 9.53 Å². The van der Waals surface area contributed by atoms with Crippen LogP contribution in [0.4, 0.5) is 0 Å². The van der Waals surface area contributed by atoms with Gasteiger partial charge in [-0.25, -0.2) is 0 Å². The maximum Gasteiger partial charge on any atom is 0.306 e. The summed E-state index contributed by atoms with van der Waals surface area (Å²) in [7, 11) is 0. The Balaban J connectivity index is 1.91. The number of rotatable bonds is 13. The highest BCUT2D eigenvalue weighted by Crippen LogP contribution is 2.10. The van der Waals surface area contributed by atoms with Crippen LogP contribution in [0.1, 0.15) is 76.7 Å². The van der Waals surface area contributed by atoms with E-state index in [9.17, 15) is 4.79 Å². The van der Waals surface area contributed by atoms with Crippen molar-refractivity contribution in [3.8, 4) is 0 Å². The number of benzene rings is 1. The highest BCUT2D eigenvalue weighted by molar-refractivity contribution is 5.69. The lowest BCUT2D eigenvalue weighted by Gasteiger charge is -2.03. The average molecular weight is 316 g/mol. The Morgan fingerprint density at radius 3 is 2.17 bits per heavy atom. The smallest absolute Gasteiger partial charge is 0.306 e. The van der Waals surface area contributed by atoms with Gasteiger partial charge in [0.2, 0.25) is 0 Å². The molecular weight excluding hydrogens is 284 g/mol. The van der Waals surface area contributed by atoms with Crippen molar-refractivity contribution in [2.75, 3.05) is 6.61 Å². The molecule has 2 heteroatoms. The molecule has 1 aromatic rings. The molecule has 1 aromatic carbocycles. The van der Waals surface area contributed by atoms with Gasteiger partial charge in [0.05, 0.1) is 0 Å². The summed E-state index contributed by atoms with van der Waals surface area (Å²) in [5, 5.41) is 0. The van der Waals surface area contributed by atoms with Crippen LogP contribution in [0, 0.1) is 0 Å². The minimum atomic E-state index is -0.0781. The molecule has 0 atom stereocenters. The predicted octanol–water partition coefficient (Wildman–Crippen LogP) is 6.16. The molecule has 0 aliphatic rings. The fraction of sp³-hybridized carbons (Fsp3) is 0.571. The lowest BCUT2D eigenvalue weighted by Crippen LogP contribution is -2.03. The zero-order valence-corrected chi connectivity index (χ0v) is 14.6. The van der Waals surface area contributed by atoms with Gasteiger partial charge in [-0.2, -0.15) is 0 Å². The van der Waals surface area contributed by atoms with E-state index in [0.717, 1.165) is 18.4 Å². The zero-order valence-electron chi connectivity index (χ0n) is 14.6. The van der Waals surface area contributed by atoms with E-state index in [2.05, 4.69) is 6.92 Å². The third kappa shape index (κ3) is 11.6. The van der Waals surface area contributed by atoms with Gasteiger partial charge in [0, 0.05) is 6.42 Å². The molecule has 0 heterocycles. The Morgan fingerprint density at radius 2 is 1.52 bits per heavy atom. The first-order valence-corrected chi connectivity index (χ1v) is 9.20. The predicted molar refractivity (Wildman–Crippen MR) is 98.3 cm³/mol. The molecular formula is C21H32O2. The van der Waals surface area contributed by atoms with Gasteiger partial charge in [-0.3, -0.25) is 4.79 Å². The van der Waals surface area contributed by atoms with Gasteiger partial charge in [0.25, 0.3) is 0 Å². The number of ether oxygens (including phenoxy) is 1. The molecule has 0 saturated carbocycles. The van der Waals surface area contributed by atoms with E-state index < -0.39 is 0 Å². The standard InChI is InChI=1S/C21H32O2/c1-2-3-4-5-6-7-8-9-13-18-21(22)23-19-14-17-20-15-11-10-12-16-20/h10-12,14-17H,2-9,13,18-19H2,1H3. The Labute approximate surface area is 141 Å². The minimum Gasteiger partial charge on any atom is -0.461 e. The maximum atomic E-state index is 11.6. The van der Waals surface area contributed by atoms with Crippen LogP contribution in [-0.4, -0.2) is 12.6 Å². The van der Waals surface area contributed by atoms with E-state index in [-0.39, 0.29) is 5.97 Å². The first-order valence-electron chi connectivity index (χ1n) is 9.20. The molecule has 0 aliphatic heterocycles. The summed E-state index contributed by atoms with van der Waals surface area (Å²) in [4.78, 5) is 11.6. The first kappa shape index (κ1) is 19.5. The van der Waals surface area contributed by atoms with Crippen molar-refractivity contribution in [3.05, 3.63) is 42.0 Å². The van der Waals surface area contributed by atoms with E-state index >= 15 is 0 Å². The topological polar surface area (TPSA) is 26.3 Å². The Kier molecular flexibility index (Phi) is 11.9. The Hall–Kier alpha value is -1.57. The SMILES string of the molecule is CCCCCCCCCCCC(=O)OCC=Cc1ccccc1. The fourth-order valence-electron chi connectivity index (χ4n) is 2.54. The van der Waals surface area contributed by atoms with E-state index in [1.54, 1.807) is 0 Å². The maximum absolute atomic E-state index is 11.6. The van der Waals surface area contributed by atoms with Gasteiger partial charge in [-0.1, -0.05) is 94.7 Å². The molecule has 0 amide bonds. The van der Waals surface area contributed by atoms with Crippen LogP contribution < -0.4 is 0 Å². The second-order valence-corrected chi connectivity index (χ2v) is 6.07. The lowest BCUT2D eigenvalue weighted by molar-refractivity contribution is -0.142. The normalized spacial score (nSPS) is 11.0. The molecule has 23 heavy (non-hydrogen) atoms. The number of esters is 1. The second kappa shape index (κ2) is 14.0. The highest BCUT2D eigenvalue weighted by atomic mass is 16.5. The van der Waals surface area contributed by atoms with Crippen LogP contribution in [0.3, 0.4) is 0 Å². The molecule has 0 saturated heterocycles. The summed E-state index contributed by atoms with van der Waals surface area (Å²) in [5.41, 5.74) is 1.13. The molecule has 0 fully saturated rings. The summed E-state index contributed by atoms with van der Waals surface area (Å²) < 4.78 is 5.21. The van der Waals surface area contributed by atoms with Gasteiger partial charge in [0.1, 0.15) is 6.61 Å². The monoisotopic (exact) mass is 316 g/mol. The molecule has 2 nitrogen and oxygen atoms in total. The minimum absolute atomic E-state index is 0.0781. The Bertz CT molecular complexity index is 423. The summed E-state index contributed by atoms with van der Waals surface area (Å²) >= 11 is 0. The van der Waals surface area contributed by atoms with Crippen LogP contribution >= 0.6 is 0 Å². The van der Waals surface area contributed by atoms with Gasteiger partial charge < -0.3 is 4.74 Å². The van der Waals surface area contributed by atoms with Crippen molar-refractivity contribution in [1.29, 1.82) is 0 Å². The van der Waals surface area contributed by atoms with Crippen LogP contribution in [0.2, 0.25) is 0 Å². The fourth-order valence-corrected chi connectivity index (χ4v) is 2.54. The van der Waals surface area contributed by atoms with E-state index in [0.29, 0.717) is 13.0 Å². The largest absolute Gasteiger partial charge is 0.461 e. The highest BCUT2D eigenvalue weighted by Gasteiger charge is 2.01.